The summed E-state index contributed by atoms with van der Waals surface area (Å²) in [4.78, 5) is 30.5. The highest BCUT2D eigenvalue weighted by molar-refractivity contribution is 6.32. The van der Waals surface area contributed by atoms with Gasteiger partial charge in [0.05, 0.1) is 23.3 Å². The van der Waals surface area contributed by atoms with Crippen molar-refractivity contribution in [3.05, 3.63) is 59.8 Å². The zero-order chi connectivity index (χ0) is 20.1. The van der Waals surface area contributed by atoms with Gasteiger partial charge >= 0.3 is 0 Å². The van der Waals surface area contributed by atoms with Gasteiger partial charge in [-0.05, 0) is 30.3 Å². The SMILES string of the molecule is COc1ccc(NC(=O)CCN(C(C)=O)c2cccc3cccnc23)cc1Cl. The molecule has 0 bridgehead atoms. The highest BCUT2D eigenvalue weighted by Gasteiger charge is 2.17. The summed E-state index contributed by atoms with van der Waals surface area (Å²) in [5.74, 6) is 0.157. The average Bonchev–Trinajstić information content (AvgIpc) is 2.68. The number of benzene rings is 2. The fourth-order valence-electron chi connectivity index (χ4n) is 2.93. The minimum Gasteiger partial charge on any atom is -0.495 e. The molecule has 0 aliphatic carbocycles. The van der Waals surface area contributed by atoms with Gasteiger partial charge in [0, 0.05) is 37.2 Å². The number of nitrogens with zero attached hydrogens (tertiary/aromatic N) is 2. The number of amides is 2. The van der Waals surface area contributed by atoms with Crippen molar-refractivity contribution in [2.75, 3.05) is 23.9 Å². The molecular weight excluding hydrogens is 378 g/mol. The number of para-hydroxylation sites is 1. The third-order valence-corrected chi connectivity index (χ3v) is 4.58. The fraction of sp³-hybridized carbons (Fsp3) is 0.190. The van der Waals surface area contributed by atoms with Crippen LogP contribution in [0.1, 0.15) is 13.3 Å². The Hall–Kier alpha value is -3.12. The third kappa shape index (κ3) is 4.40. The zero-order valence-electron chi connectivity index (χ0n) is 15.6. The number of hydrogen-bond donors (Lipinski definition) is 1. The second-order valence-corrected chi connectivity index (χ2v) is 6.58. The minimum atomic E-state index is -0.222. The second kappa shape index (κ2) is 8.71. The summed E-state index contributed by atoms with van der Waals surface area (Å²) in [5, 5.41) is 4.13. The molecule has 1 aromatic heterocycles. The normalized spacial score (nSPS) is 10.5. The lowest BCUT2D eigenvalue weighted by Crippen LogP contribution is -2.32. The summed E-state index contributed by atoms with van der Waals surface area (Å²) in [6, 6.07) is 14.4. The van der Waals surface area contributed by atoms with Crippen molar-refractivity contribution >= 4 is 45.7 Å². The van der Waals surface area contributed by atoms with Crippen LogP contribution in [0.5, 0.6) is 5.75 Å². The average molecular weight is 398 g/mol. The summed E-state index contributed by atoms with van der Waals surface area (Å²) >= 11 is 6.08. The molecule has 7 heteroatoms. The maximum absolute atomic E-state index is 12.4. The molecule has 28 heavy (non-hydrogen) atoms. The fourth-order valence-corrected chi connectivity index (χ4v) is 3.19. The van der Waals surface area contributed by atoms with Gasteiger partial charge in [-0.3, -0.25) is 14.6 Å². The molecule has 0 saturated heterocycles. The number of rotatable bonds is 6. The number of fused-ring (bicyclic) bond motifs is 1. The van der Waals surface area contributed by atoms with Crippen molar-refractivity contribution in [1.29, 1.82) is 0 Å². The summed E-state index contributed by atoms with van der Waals surface area (Å²) < 4.78 is 5.10. The van der Waals surface area contributed by atoms with Crippen molar-refractivity contribution in [3.8, 4) is 5.75 Å². The molecule has 1 N–H and O–H groups in total. The first-order valence-electron chi connectivity index (χ1n) is 8.75. The number of aromatic nitrogens is 1. The van der Waals surface area contributed by atoms with Crippen LogP contribution in [0, 0.1) is 0 Å². The van der Waals surface area contributed by atoms with E-state index in [4.69, 9.17) is 16.3 Å². The minimum absolute atomic E-state index is 0.131. The van der Waals surface area contributed by atoms with E-state index < -0.39 is 0 Å². The summed E-state index contributed by atoms with van der Waals surface area (Å²) in [7, 11) is 1.53. The Labute approximate surface area is 168 Å². The standard InChI is InChI=1S/C21H20ClN3O3/c1-14(26)25(18-7-3-5-15-6-4-11-23-21(15)18)12-10-20(27)24-16-8-9-19(28-2)17(22)13-16/h3-9,11,13H,10,12H2,1-2H3,(H,24,27). The lowest BCUT2D eigenvalue weighted by Gasteiger charge is -2.22. The first-order chi connectivity index (χ1) is 13.5. The predicted molar refractivity (Wildman–Crippen MR) is 111 cm³/mol. The molecule has 3 rings (SSSR count). The maximum atomic E-state index is 12.4. The molecule has 6 nitrogen and oxygen atoms in total. The Balaban J connectivity index is 1.72. The Morgan fingerprint density at radius 3 is 2.68 bits per heavy atom. The quantitative estimate of drug-likeness (QED) is 0.673. The van der Waals surface area contributed by atoms with Crippen LogP contribution in [0.15, 0.2) is 54.7 Å². The molecule has 1 heterocycles. The van der Waals surface area contributed by atoms with E-state index in [9.17, 15) is 9.59 Å². The first kappa shape index (κ1) is 19.6. The molecule has 144 valence electrons. The number of hydrogen-bond acceptors (Lipinski definition) is 4. The monoisotopic (exact) mass is 397 g/mol. The molecular formula is C21H20ClN3O3. The van der Waals surface area contributed by atoms with Crippen LogP contribution >= 0.6 is 11.6 Å². The molecule has 0 aliphatic rings. The number of nitrogens with one attached hydrogen (secondary N) is 1. The van der Waals surface area contributed by atoms with E-state index in [2.05, 4.69) is 10.3 Å². The van der Waals surface area contributed by atoms with Gasteiger partial charge in [-0.25, -0.2) is 0 Å². The van der Waals surface area contributed by atoms with Crippen molar-refractivity contribution in [3.63, 3.8) is 0 Å². The Kier molecular flexibility index (Phi) is 6.11. The van der Waals surface area contributed by atoms with Gasteiger partial charge in [0.25, 0.3) is 0 Å². The van der Waals surface area contributed by atoms with E-state index in [0.29, 0.717) is 22.1 Å². The van der Waals surface area contributed by atoms with Crippen molar-refractivity contribution in [2.24, 2.45) is 0 Å². The largest absolute Gasteiger partial charge is 0.495 e. The number of anilines is 2. The Morgan fingerprint density at radius 1 is 1.18 bits per heavy atom. The first-order valence-corrected chi connectivity index (χ1v) is 9.12. The van der Waals surface area contributed by atoms with Gasteiger partial charge in [-0.2, -0.15) is 0 Å². The van der Waals surface area contributed by atoms with E-state index in [0.717, 1.165) is 10.9 Å². The van der Waals surface area contributed by atoms with E-state index in [-0.39, 0.29) is 24.8 Å². The number of carbonyl (C=O) groups is 2. The van der Waals surface area contributed by atoms with Crippen LogP contribution in [-0.4, -0.2) is 30.5 Å². The van der Waals surface area contributed by atoms with Gasteiger partial charge in [-0.1, -0.05) is 29.8 Å². The number of ether oxygens (including phenoxy) is 1. The second-order valence-electron chi connectivity index (χ2n) is 6.17. The number of pyridine rings is 1. The van der Waals surface area contributed by atoms with Crippen LogP contribution < -0.4 is 15.0 Å². The van der Waals surface area contributed by atoms with Crippen LogP contribution in [0.4, 0.5) is 11.4 Å². The van der Waals surface area contributed by atoms with Crippen molar-refractivity contribution in [2.45, 2.75) is 13.3 Å². The molecule has 0 unspecified atom stereocenters. The van der Waals surface area contributed by atoms with Gasteiger partial charge in [0.15, 0.2) is 0 Å². The lowest BCUT2D eigenvalue weighted by molar-refractivity contribution is -0.117. The van der Waals surface area contributed by atoms with E-state index in [1.54, 1.807) is 29.3 Å². The van der Waals surface area contributed by atoms with E-state index in [1.807, 2.05) is 30.3 Å². The molecule has 0 aliphatic heterocycles. The number of halogens is 1. The smallest absolute Gasteiger partial charge is 0.226 e. The van der Waals surface area contributed by atoms with Crippen LogP contribution in [0.3, 0.4) is 0 Å². The van der Waals surface area contributed by atoms with Crippen LogP contribution in [-0.2, 0) is 9.59 Å². The van der Waals surface area contributed by atoms with Gasteiger partial charge in [-0.15, -0.1) is 0 Å². The van der Waals surface area contributed by atoms with Crippen LogP contribution in [0.25, 0.3) is 10.9 Å². The topological polar surface area (TPSA) is 71.5 Å². The molecule has 0 fully saturated rings. The molecule has 0 atom stereocenters. The molecule has 0 radical (unpaired) electrons. The Bertz CT molecular complexity index is 1020. The number of methoxy groups -OCH3 is 1. The molecule has 3 aromatic rings. The zero-order valence-corrected chi connectivity index (χ0v) is 16.4. The predicted octanol–water partition coefficient (Wildman–Crippen LogP) is 4.28. The summed E-state index contributed by atoms with van der Waals surface area (Å²) in [6.07, 6.45) is 1.82. The third-order valence-electron chi connectivity index (χ3n) is 4.28. The van der Waals surface area contributed by atoms with Crippen LogP contribution in [0.2, 0.25) is 5.02 Å². The Morgan fingerprint density at radius 2 is 1.96 bits per heavy atom. The molecule has 2 aromatic carbocycles. The van der Waals surface area contributed by atoms with Gasteiger partial charge in [0.1, 0.15) is 5.75 Å². The van der Waals surface area contributed by atoms with Crippen molar-refractivity contribution < 1.29 is 14.3 Å². The van der Waals surface area contributed by atoms with E-state index in [1.165, 1.54) is 14.0 Å². The summed E-state index contributed by atoms with van der Waals surface area (Å²) in [5.41, 5.74) is 1.98. The maximum Gasteiger partial charge on any atom is 0.226 e. The molecule has 0 spiro atoms. The lowest BCUT2D eigenvalue weighted by atomic mass is 10.1. The molecule has 2 amide bonds. The van der Waals surface area contributed by atoms with Gasteiger partial charge in [0.2, 0.25) is 11.8 Å². The molecule has 0 saturated carbocycles. The number of carbonyl (C=O) groups excluding carboxylic acids is 2. The summed E-state index contributed by atoms with van der Waals surface area (Å²) in [6.45, 7) is 1.71. The van der Waals surface area contributed by atoms with E-state index >= 15 is 0 Å². The highest BCUT2D eigenvalue weighted by atomic mass is 35.5. The van der Waals surface area contributed by atoms with Gasteiger partial charge < -0.3 is 15.0 Å². The van der Waals surface area contributed by atoms with Crippen molar-refractivity contribution in [1.82, 2.24) is 4.98 Å². The highest BCUT2D eigenvalue weighted by Crippen LogP contribution is 2.28.